The lowest BCUT2D eigenvalue weighted by molar-refractivity contribution is -0.136. The largest absolute Gasteiger partial charge is 0.481 e. The first-order chi connectivity index (χ1) is 10.1. The summed E-state index contributed by atoms with van der Waals surface area (Å²) in [5.74, 6) is -0.804. The van der Waals surface area contributed by atoms with Crippen LogP contribution in [0.4, 0.5) is 0 Å². The predicted molar refractivity (Wildman–Crippen MR) is 86.0 cm³/mol. The van der Waals surface area contributed by atoms with E-state index in [0.717, 1.165) is 33.3 Å². The SMILES string of the molecule is CCCC(OCC)c1nc(-c2ccc(CC(=O)O)s2)cs1. The number of rotatable bonds is 8. The maximum absolute atomic E-state index is 10.7. The number of carboxylic acids is 1. The van der Waals surface area contributed by atoms with Crippen LogP contribution in [0.3, 0.4) is 0 Å². The Hall–Kier alpha value is -1.24. The average molecular weight is 325 g/mol. The Morgan fingerprint density at radius 3 is 2.90 bits per heavy atom. The lowest BCUT2D eigenvalue weighted by Gasteiger charge is -2.12. The third-order valence-corrected chi connectivity index (χ3v) is 5.00. The molecule has 1 unspecified atom stereocenters. The summed E-state index contributed by atoms with van der Waals surface area (Å²) in [5, 5.41) is 11.8. The Morgan fingerprint density at radius 2 is 2.24 bits per heavy atom. The van der Waals surface area contributed by atoms with Crippen molar-refractivity contribution in [2.45, 2.75) is 39.2 Å². The number of hydrogen-bond acceptors (Lipinski definition) is 5. The van der Waals surface area contributed by atoms with Gasteiger partial charge in [-0.05, 0) is 25.5 Å². The van der Waals surface area contributed by atoms with E-state index in [4.69, 9.17) is 9.84 Å². The van der Waals surface area contributed by atoms with E-state index in [0.29, 0.717) is 6.61 Å². The van der Waals surface area contributed by atoms with Gasteiger partial charge in [-0.1, -0.05) is 13.3 Å². The van der Waals surface area contributed by atoms with E-state index in [2.05, 4.69) is 11.9 Å². The van der Waals surface area contributed by atoms with Gasteiger partial charge in [0.25, 0.3) is 0 Å². The fourth-order valence-electron chi connectivity index (χ4n) is 2.05. The molecule has 1 atom stereocenters. The van der Waals surface area contributed by atoms with Gasteiger partial charge in [-0.25, -0.2) is 4.98 Å². The second kappa shape index (κ2) is 7.68. The molecule has 4 nitrogen and oxygen atoms in total. The molecule has 0 saturated carbocycles. The number of aromatic nitrogens is 1. The van der Waals surface area contributed by atoms with Crippen LogP contribution in [0, 0.1) is 0 Å². The highest BCUT2D eigenvalue weighted by molar-refractivity contribution is 7.16. The van der Waals surface area contributed by atoms with E-state index in [1.807, 2.05) is 24.4 Å². The molecular weight excluding hydrogens is 306 g/mol. The van der Waals surface area contributed by atoms with Crippen LogP contribution < -0.4 is 0 Å². The maximum Gasteiger partial charge on any atom is 0.308 e. The molecule has 0 radical (unpaired) electrons. The first-order valence-electron chi connectivity index (χ1n) is 7.01. The summed E-state index contributed by atoms with van der Waals surface area (Å²) in [6.45, 7) is 4.81. The lowest BCUT2D eigenvalue weighted by Crippen LogP contribution is -2.03. The number of ether oxygens (including phenoxy) is 1. The minimum Gasteiger partial charge on any atom is -0.481 e. The van der Waals surface area contributed by atoms with Gasteiger partial charge < -0.3 is 9.84 Å². The summed E-state index contributed by atoms with van der Waals surface area (Å²) < 4.78 is 5.75. The van der Waals surface area contributed by atoms with Crippen molar-refractivity contribution in [2.24, 2.45) is 0 Å². The number of nitrogens with zero attached hydrogens (tertiary/aromatic N) is 1. The van der Waals surface area contributed by atoms with Crippen LogP contribution >= 0.6 is 22.7 Å². The summed E-state index contributed by atoms with van der Waals surface area (Å²) in [6, 6.07) is 3.80. The normalized spacial score (nSPS) is 12.5. The first-order valence-corrected chi connectivity index (χ1v) is 8.71. The summed E-state index contributed by atoms with van der Waals surface area (Å²) in [4.78, 5) is 17.3. The topological polar surface area (TPSA) is 59.4 Å². The molecule has 0 fully saturated rings. The minimum absolute atomic E-state index is 0.0669. The molecule has 0 aliphatic carbocycles. The van der Waals surface area contributed by atoms with Crippen LogP contribution in [0.1, 0.15) is 42.7 Å². The van der Waals surface area contributed by atoms with Crippen molar-refractivity contribution >= 4 is 28.6 Å². The minimum atomic E-state index is -0.804. The molecular formula is C15H19NO3S2. The van der Waals surface area contributed by atoms with E-state index < -0.39 is 5.97 Å². The average Bonchev–Trinajstić information content (AvgIpc) is 3.06. The zero-order valence-electron chi connectivity index (χ0n) is 12.2. The van der Waals surface area contributed by atoms with Crippen LogP contribution in [-0.4, -0.2) is 22.7 Å². The van der Waals surface area contributed by atoms with Gasteiger partial charge >= 0.3 is 5.97 Å². The first kappa shape index (κ1) is 16.1. The van der Waals surface area contributed by atoms with Crippen molar-refractivity contribution in [1.29, 1.82) is 0 Å². The van der Waals surface area contributed by atoms with Gasteiger partial charge in [-0.15, -0.1) is 22.7 Å². The number of carboxylic acid groups (broad SMARTS) is 1. The molecule has 0 bridgehead atoms. The molecule has 21 heavy (non-hydrogen) atoms. The van der Waals surface area contributed by atoms with E-state index in [9.17, 15) is 4.79 Å². The number of thiazole rings is 1. The summed E-state index contributed by atoms with van der Waals surface area (Å²) in [6.07, 6.45) is 2.16. The monoisotopic (exact) mass is 325 g/mol. The predicted octanol–water partition coefficient (Wildman–Crippen LogP) is 4.38. The van der Waals surface area contributed by atoms with Gasteiger partial charge in [-0.3, -0.25) is 4.79 Å². The van der Waals surface area contributed by atoms with Crippen LogP contribution in [0.15, 0.2) is 17.5 Å². The molecule has 0 saturated heterocycles. The Morgan fingerprint density at radius 1 is 1.43 bits per heavy atom. The summed E-state index contributed by atoms with van der Waals surface area (Å²) in [5.41, 5.74) is 0.914. The standard InChI is InChI=1S/C15H19NO3S2/c1-3-5-12(19-4-2)15-16-11(9-20-15)13-7-6-10(21-13)8-14(17)18/h6-7,9,12H,3-5,8H2,1-2H3,(H,17,18). The Bertz CT molecular complexity index is 585. The van der Waals surface area contributed by atoms with Crippen molar-refractivity contribution in [2.75, 3.05) is 6.61 Å². The van der Waals surface area contributed by atoms with Gasteiger partial charge in [0.1, 0.15) is 11.1 Å². The fourth-order valence-corrected chi connectivity index (χ4v) is 3.98. The highest BCUT2D eigenvalue weighted by atomic mass is 32.1. The van der Waals surface area contributed by atoms with Crippen LogP contribution in [0.2, 0.25) is 0 Å². The molecule has 6 heteroatoms. The fraction of sp³-hybridized carbons (Fsp3) is 0.467. The molecule has 0 aliphatic heterocycles. The molecule has 0 aliphatic rings. The van der Waals surface area contributed by atoms with Crippen molar-refractivity contribution in [3.63, 3.8) is 0 Å². The molecule has 0 aromatic carbocycles. The smallest absolute Gasteiger partial charge is 0.308 e. The Kier molecular flexibility index (Phi) is 5.90. The van der Waals surface area contributed by atoms with Gasteiger partial charge in [0.05, 0.1) is 17.0 Å². The Labute approximate surface area is 132 Å². The van der Waals surface area contributed by atoms with E-state index in [1.54, 1.807) is 11.3 Å². The molecule has 2 rings (SSSR count). The third kappa shape index (κ3) is 4.36. The van der Waals surface area contributed by atoms with E-state index >= 15 is 0 Å². The zero-order chi connectivity index (χ0) is 15.2. The molecule has 2 aromatic rings. The molecule has 2 heterocycles. The number of thiophene rings is 1. The summed E-state index contributed by atoms with van der Waals surface area (Å²) >= 11 is 3.10. The summed E-state index contributed by atoms with van der Waals surface area (Å²) in [7, 11) is 0. The van der Waals surface area contributed by atoms with Gasteiger partial charge in [0, 0.05) is 16.9 Å². The molecule has 2 aromatic heterocycles. The van der Waals surface area contributed by atoms with Gasteiger partial charge in [-0.2, -0.15) is 0 Å². The number of hydrogen-bond donors (Lipinski definition) is 1. The van der Waals surface area contributed by atoms with Crippen LogP contribution in [-0.2, 0) is 16.0 Å². The van der Waals surface area contributed by atoms with Crippen molar-refractivity contribution in [3.05, 3.63) is 27.4 Å². The molecule has 0 amide bonds. The number of aliphatic carboxylic acids is 1. The van der Waals surface area contributed by atoms with Gasteiger partial charge in [0.2, 0.25) is 0 Å². The third-order valence-electron chi connectivity index (χ3n) is 2.96. The molecule has 1 N–H and O–H groups in total. The van der Waals surface area contributed by atoms with Crippen molar-refractivity contribution < 1.29 is 14.6 Å². The quantitative estimate of drug-likeness (QED) is 0.782. The van der Waals surface area contributed by atoms with E-state index in [1.165, 1.54) is 11.3 Å². The van der Waals surface area contributed by atoms with Crippen LogP contribution in [0.5, 0.6) is 0 Å². The van der Waals surface area contributed by atoms with Crippen molar-refractivity contribution in [3.8, 4) is 10.6 Å². The van der Waals surface area contributed by atoms with E-state index in [-0.39, 0.29) is 12.5 Å². The molecule has 0 spiro atoms. The second-order valence-electron chi connectivity index (χ2n) is 4.64. The van der Waals surface area contributed by atoms with Crippen LogP contribution in [0.25, 0.3) is 10.6 Å². The second-order valence-corrected chi connectivity index (χ2v) is 6.70. The zero-order valence-corrected chi connectivity index (χ0v) is 13.8. The highest BCUT2D eigenvalue weighted by Crippen LogP contribution is 2.33. The number of carbonyl (C=O) groups is 1. The Balaban J connectivity index is 2.14. The van der Waals surface area contributed by atoms with Gasteiger partial charge in [0.15, 0.2) is 0 Å². The van der Waals surface area contributed by atoms with Crippen molar-refractivity contribution in [1.82, 2.24) is 4.98 Å². The maximum atomic E-state index is 10.7. The lowest BCUT2D eigenvalue weighted by atomic mass is 10.2. The highest BCUT2D eigenvalue weighted by Gasteiger charge is 2.16. The molecule has 114 valence electrons.